The van der Waals surface area contributed by atoms with E-state index >= 15 is 0 Å². The van der Waals surface area contributed by atoms with Gasteiger partial charge in [0.15, 0.2) is 12.6 Å². The second-order valence-corrected chi connectivity index (χ2v) is 2.31. The van der Waals surface area contributed by atoms with Crippen molar-refractivity contribution < 1.29 is 14.0 Å². The molecule has 1 aromatic rings. The number of hydrogen-bond donors (Lipinski definition) is 0. The lowest BCUT2D eigenvalue weighted by Crippen LogP contribution is -1.95. The molecule has 1 rings (SSSR count). The third kappa shape index (κ3) is 1.59. The first-order valence-electron chi connectivity index (χ1n) is 3.37. The Balaban J connectivity index is 3.45. The fraction of sp³-hybridized carbons (Fsp3) is 0. The molecule has 0 saturated heterocycles. The first-order chi connectivity index (χ1) is 6.22. The molecule has 0 aliphatic rings. The number of carbonyl (C=O) groups excluding carboxylic acids is 2. The number of benzene rings is 1. The normalized spacial score (nSPS) is 8.92. The van der Waals surface area contributed by atoms with Gasteiger partial charge in [0.2, 0.25) is 0 Å². The van der Waals surface area contributed by atoms with Crippen LogP contribution in [0.4, 0.5) is 4.39 Å². The molecule has 0 spiro atoms. The number of aldehydes is 2. The zero-order valence-electron chi connectivity index (χ0n) is 6.45. The molecule has 0 radical (unpaired) electrons. The zero-order valence-corrected chi connectivity index (χ0v) is 6.45. The summed E-state index contributed by atoms with van der Waals surface area (Å²) in [5, 5.41) is 8.51. The van der Waals surface area contributed by atoms with Crippen LogP contribution in [0.1, 0.15) is 26.3 Å². The van der Waals surface area contributed by atoms with Crippen molar-refractivity contribution >= 4 is 12.6 Å². The number of carbonyl (C=O) groups is 2. The minimum absolute atomic E-state index is 0.00139. The van der Waals surface area contributed by atoms with Gasteiger partial charge < -0.3 is 0 Å². The van der Waals surface area contributed by atoms with Crippen LogP contribution in [0, 0.1) is 17.1 Å². The van der Waals surface area contributed by atoms with Gasteiger partial charge in [0.1, 0.15) is 5.82 Å². The highest BCUT2D eigenvalue weighted by Gasteiger charge is 2.07. The van der Waals surface area contributed by atoms with E-state index in [0.717, 1.165) is 12.1 Å². The van der Waals surface area contributed by atoms with Gasteiger partial charge in [-0.2, -0.15) is 5.26 Å². The van der Waals surface area contributed by atoms with Crippen molar-refractivity contribution in [3.05, 3.63) is 34.6 Å². The van der Waals surface area contributed by atoms with Crippen LogP contribution in [0.25, 0.3) is 0 Å². The van der Waals surface area contributed by atoms with Crippen LogP contribution in [0.2, 0.25) is 0 Å². The van der Waals surface area contributed by atoms with Crippen molar-refractivity contribution in [2.24, 2.45) is 0 Å². The molecule has 0 aliphatic carbocycles. The van der Waals surface area contributed by atoms with E-state index in [-0.39, 0.29) is 16.7 Å². The van der Waals surface area contributed by atoms with E-state index in [1.54, 1.807) is 6.07 Å². The van der Waals surface area contributed by atoms with Crippen LogP contribution in [0.5, 0.6) is 0 Å². The summed E-state index contributed by atoms with van der Waals surface area (Å²) in [4.78, 5) is 20.6. The summed E-state index contributed by atoms with van der Waals surface area (Å²) in [5.74, 6) is -0.795. The molecule has 0 fully saturated rings. The molecule has 0 bridgehead atoms. The topological polar surface area (TPSA) is 57.9 Å². The fourth-order valence-electron chi connectivity index (χ4n) is 0.890. The predicted molar refractivity (Wildman–Crippen MR) is 41.9 cm³/mol. The van der Waals surface area contributed by atoms with Gasteiger partial charge in [-0.25, -0.2) is 4.39 Å². The van der Waals surface area contributed by atoms with Crippen LogP contribution >= 0.6 is 0 Å². The maximum atomic E-state index is 12.9. The molecule has 0 aliphatic heterocycles. The summed E-state index contributed by atoms with van der Waals surface area (Å²) in [6.45, 7) is 0. The monoisotopic (exact) mass is 177 g/mol. The van der Waals surface area contributed by atoms with Gasteiger partial charge in [0.25, 0.3) is 0 Å². The Hall–Kier alpha value is -2.02. The van der Waals surface area contributed by atoms with E-state index in [2.05, 4.69) is 0 Å². The van der Waals surface area contributed by atoms with Gasteiger partial charge in [-0.15, -0.1) is 0 Å². The van der Waals surface area contributed by atoms with Gasteiger partial charge in [0, 0.05) is 5.56 Å². The quantitative estimate of drug-likeness (QED) is 0.640. The summed E-state index contributed by atoms with van der Waals surface area (Å²) in [6.07, 6.45) is 0.668. The summed E-state index contributed by atoms with van der Waals surface area (Å²) in [5.41, 5.74) is -0.272. The molecule has 0 amide bonds. The SMILES string of the molecule is N#Cc1cc(C=O)c(F)cc1C=O. The summed E-state index contributed by atoms with van der Waals surface area (Å²) < 4.78 is 12.9. The highest BCUT2D eigenvalue weighted by Crippen LogP contribution is 2.12. The number of rotatable bonds is 2. The van der Waals surface area contributed by atoms with Crippen molar-refractivity contribution in [1.29, 1.82) is 5.26 Å². The Labute approximate surface area is 73.4 Å². The zero-order chi connectivity index (χ0) is 9.84. The maximum absolute atomic E-state index is 12.9. The molecule has 64 valence electrons. The van der Waals surface area contributed by atoms with E-state index in [1.165, 1.54) is 0 Å². The van der Waals surface area contributed by atoms with Crippen molar-refractivity contribution in [2.45, 2.75) is 0 Å². The first kappa shape index (κ1) is 9.07. The molecule has 0 aromatic heterocycles. The van der Waals surface area contributed by atoms with Crippen molar-refractivity contribution in [2.75, 3.05) is 0 Å². The van der Waals surface area contributed by atoms with Gasteiger partial charge in [0.05, 0.1) is 17.2 Å². The largest absolute Gasteiger partial charge is 0.298 e. The molecule has 0 heterocycles. The lowest BCUT2D eigenvalue weighted by Gasteiger charge is -1.97. The fourth-order valence-corrected chi connectivity index (χ4v) is 0.890. The van der Waals surface area contributed by atoms with Crippen molar-refractivity contribution in [3.8, 4) is 6.07 Å². The molecule has 13 heavy (non-hydrogen) atoms. The lowest BCUT2D eigenvalue weighted by atomic mass is 10.1. The Kier molecular flexibility index (Phi) is 2.50. The molecular weight excluding hydrogens is 173 g/mol. The smallest absolute Gasteiger partial charge is 0.153 e. The molecular formula is C9H4FNO2. The molecule has 4 heteroatoms. The third-order valence-electron chi connectivity index (χ3n) is 1.54. The Morgan fingerprint density at radius 2 is 1.85 bits per heavy atom. The summed E-state index contributed by atoms with van der Waals surface area (Å²) in [6, 6.07) is 3.61. The second-order valence-electron chi connectivity index (χ2n) is 2.31. The summed E-state index contributed by atoms with van der Waals surface area (Å²) in [7, 11) is 0. The van der Waals surface area contributed by atoms with Gasteiger partial charge in [-0.05, 0) is 12.1 Å². The number of halogens is 1. The van der Waals surface area contributed by atoms with Crippen LogP contribution in [0.3, 0.4) is 0 Å². The van der Waals surface area contributed by atoms with Crippen LogP contribution < -0.4 is 0 Å². The second kappa shape index (κ2) is 3.59. The Bertz CT molecular complexity index is 407. The Morgan fingerprint density at radius 1 is 1.23 bits per heavy atom. The molecule has 0 saturated carbocycles. The Morgan fingerprint density at radius 3 is 2.31 bits per heavy atom. The molecule has 1 aromatic carbocycles. The van der Waals surface area contributed by atoms with Crippen LogP contribution in [-0.2, 0) is 0 Å². The lowest BCUT2D eigenvalue weighted by molar-refractivity contribution is 0.110. The molecule has 3 nitrogen and oxygen atoms in total. The first-order valence-corrected chi connectivity index (χ1v) is 3.37. The van der Waals surface area contributed by atoms with E-state index in [1.807, 2.05) is 0 Å². The third-order valence-corrected chi connectivity index (χ3v) is 1.54. The highest BCUT2D eigenvalue weighted by molar-refractivity contribution is 5.83. The highest BCUT2D eigenvalue weighted by atomic mass is 19.1. The minimum Gasteiger partial charge on any atom is -0.298 e. The predicted octanol–water partition coefficient (Wildman–Crippen LogP) is 1.32. The number of nitriles is 1. The summed E-state index contributed by atoms with van der Waals surface area (Å²) >= 11 is 0. The number of nitrogens with zero attached hydrogens (tertiary/aromatic N) is 1. The van der Waals surface area contributed by atoms with Gasteiger partial charge in [-0.1, -0.05) is 0 Å². The molecule has 0 N–H and O–H groups in total. The maximum Gasteiger partial charge on any atom is 0.153 e. The van der Waals surface area contributed by atoms with E-state index in [4.69, 9.17) is 5.26 Å². The van der Waals surface area contributed by atoms with Gasteiger partial charge in [-0.3, -0.25) is 9.59 Å². The van der Waals surface area contributed by atoms with Crippen molar-refractivity contribution in [1.82, 2.24) is 0 Å². The van der Waals surface area contributed by atoms with Crippen LogP contribution in [-0.4, -0.2) is 12.6 Å². The van der Waals surface area contributed by atoms with E-state index in [9.17, 15) is 14.0 Å². The minimum atomic E-state index is -0.795. The van der Waals surface area contributed by atoms with E-state index in [0.29, 0.717) is 12.6 Å². The average molecular weight is 177 g/mol. The average Bonchev–Trinajstić information content (AvgIpc) is 2.17. The van der Waals surface area contributed by atoms with E-state index < -0.39 is 5.82 Å². The van der Waals surface area contributed by atoms with Gasteiger partial charge >= 0.3 is 0 Å². The molecule has 0 unspecified atom stereocenters. The molecule has 0 atom stereocenters. The number of hydrogen-bond acceptors (Lipinski definition) is 3. The van der Waals surface area contributed by atoms with Crippen LogP contribution in [0.15, 0.2) is 12.1 Å². The van der Waals surface area contributed by atoms with Crippen molar-refractivity contribution in [3.63, 3.8) is 0 Å². The standard InChI is InChI=1S/C9H4FNO2/c10-9-2-7(4-12)6(3-11)1-8(9)5-13/h1-2,4-5H.